The molecule has 8 heteroatoms. The normalized spacial score (nSPS) is 13.7. The summed E-state index contributed by atoms with van der Waals surface area (Å²) in [5.41, 5.74) is 23.1. The summed E-state index contributed by atoms with van der Waals surface area (Å²) < 4.78 is 5.19. The van der Waals surface area contributed by atoms with Gasteiger partial charge in [0.2, 0.25) is 0 Å². The lowest BCUT2D eigenvalue weighted by molar-refractivity contribution is 0.755. The average molecular weight is 1230 g/mol. The van der Waals surface area contributed by atoms with Crippen molar-refractivity contribution >= 4 is 63.0 Å². The third kappa shape index (κ3) is 9.28. The topological polar surface area (TPSA) is 77.3 Å². The van der Waals surface area contributed by atoms with Gasteiger partial charge in [0.15, 0.2) is 34.9 Å². The molecule has 0 N–H and O–H groups in total. The molecule has 17 aromatic rings. The maximum Gasteiger partial charge on any atom is 0.164 e. The quantitative estimate of drug-likeness (QED) is 0.136. The summed E-state index contributed by atoms with van der Waals surface area (Å²) in [6, 6.07) is 109. The Morgan fingerprint density at radius 2 is 0.415 bits per heavy atom. The molecule has 94 heavy (non-hydrogen) atoms. The zero-order chi connectivity index (χ0) is 61.8. The average Bonchev–Trinajstić information content (AvgIpc) is 0.919. The predicted octanol–water partition coefficient (Wildman–Crippen LogP) is 22.4. The largest absolute Gasteiger partial charge is 0.208 e. The Bertz CT molecular complexity index is 5480. The number of aromatic nitrogens is 6. The van der Waals surface area contributed by atoms with Crippen LogP contribution in [0.1, 0.15) is 45.2 Å². The van der Waals surface area contributed by atoms with E-state index >= 15 is 0 Å². The van der Waals surface area contributed by atoms with Crippen LogP contribution in [0.5, 0.6) is 0 Å². The van der Waals surface area contributed by atoms with E-state index in [1.807, 2.05) is 59.1 Å². The molecule has 0 saturated heterocycles. The van der Waals surface area contributed by atoms with Gasteiger partial charge in [0.05, 0.1) is 0 Å². The van der Waals surface area contributed by atoms with Crippen molar-refractivity contribution in [3.63, 3.8) is 0 Å². The molecule has 4 aromatic heterocycles. The highest BCUT2D eigenvalue weighted by Gasteiger charge is 2.41. The van der Waals surface area contributed by atoms with Crippen LogP contribution in [0.3, 0.4) is 0 Å². The molecule has 13 aromatic carbocycles. The molecule has 0 saturated carbocycles. The molecular formula is C86H52N6S2. The third-order valence-corrected chi connectivity index (χ3v) is 21.3. The van der Waals surface area contributed by atoms with Gasteiger partial charge >= 0.3 is 0 Å². The minimum Gasteiger partial charge on any atom is -0.208 e. The van der Waals surface area contributed by atoms with E-state index in [1.165, 1.54) is 96.0 Å². The van der Waals surface area contributed by atoms with Gasteiger partial charge in [-0.1, -0.05) is 267 Å². The van der Waals surface area contributed by atoms with Gasteiger partial charge in [-0.3, -0.25) is 0 Å². The van der Waals surface area contributed by atoms with Crippen LogP contribution in [0.15, 0.2) is 303 Å². The second-order valence-corrected chi connectivity index (χ2v) is 26.6. The summed E-state index contributed by atoms with van der Waals surface area (Å²) in [7, 11) is 0. The Morgan fingerprint density at radius 3 is 0.766 bits per heavy atom. The van der Waals surface area contributed by atoms with Crippen LogP contribution >= 0.6 is 22.7 Å². The highest BCUT2D eigenvalue weighted by atomic mass is 32.1. The summed E-state index contributed by atoms with van der Waals surface area (Å²) >= 11 is 3.68. The summed E-state index contributed by atoms with van der Waals surface area (Å²) in [6.07, 6.45) is 0. The molecule has 438 valence electrons. The highest BCUT2D eigenvalue weighted by molar-refractivity contribution is 7.26. The van der Waals surface area contributed by atoms with E-state index in [0.29, 0.717) is 34.9 Å². The summed E-state index contributed by atoms with van der Waals surface area (Å²) in [4.78, 5) is 30.6. The van der Waals surface area contributed by atoms with Gasteiger partial charge in [-0.25, -0.2) is 29.9 Å². The maximum absolute atomic E-state index is 5.15. The van der Waals surface area contributed by atoms with Gasteiger partial charge in [0, 0.05) is 85.6 Å². The molecule has 0 amide bonds. The van der Waals surface area contributed by atoms with Gasteiger partial charge in [0.25, 0.3) is 0 Å². The third-order valence-electron chi connectivity index (χ3n) is 19.0. The SMILES string of the molecule is c1ccc(-c2nc(-c3ccc(-c4ccc5c(c4)C4c6ccccc6C5c5cc(-c6ccc(-c7nc(-c8ccccc8)nc(-c8ccc(-c9ccc%10c(c9)sc9ccccc9%10)cc8)n7)cc6)ccc54)cc3)nc(-c3ccc(-c4ccc5c(c4)sc4ccccc45)cc3)n2)cc1. The second kappa shape index (κ2) is 22.0. The summed E-state index contributed by atoms with van der Waals surface area (Å²) in [5.74, 6) is 4.01. The molecule has 6 nitrogen and oxygen atoms in total. The second-order valence-electron chi connectivity index (χ2n) is 24.5. The summed E-state index contributed by atoms with van der Waals surface area (Å²) in [6.45, 7) is 0. The first-order valence-electron chi connectivity index (χ1n) is 31.8. The highest BCUT2D eigenvalue weighted by Crippen LogP contribution is 2.57. The first-order valence-corrected chi connectivity index (χ1v) is 33.4. The van der Waals surface area contributed by atoms with Crippen molar-refractivity contribution in [1.82, 2.24) is 29.9 Å². The number of fused-ring (bicyclic) bond motifs is 6. The Labute approximate surface area is 550 Å². The lowest BCUT2D eigenvalue weighted by atomic mass is 9.60. The molecule has 4 heterocycles. The van der Waals surface area contributed by atoms with Gasteiger partial charge in [-0.05, 0) is 114 Å². The van der Waals surface area contributed by atoms with E-state index in [2.05, 4.69) is 267 Å². The fourth-order valence-electron chi connectivity index (χ4n) is 14.3. The van der Waals surface area contributed by atoms with Crippen LogP contribution in [-0.2, 0) is 0 Å². The van der Waals surface area contributed by atoms with Crippen LogP contribution < -0.4 is 0 Å². The molecule has 0 fully saturated rings. The van der Waals surface area contributed by atoms with Gasteiger partial charge in [-0.2, -0.15) is 0 Å². The maximum atomic E-state index is 5.15. The van der Waals surface area contributed by atoms with E-state index in [0.717, 1.165) is 55.6 Å². The first kappa shape index (κ1) is 54.1. The molecule has 2 bridgehead atoms. The van der Waals surface area contributed by atoms with Crippen molar-refractivity contribution in [2.24, 2.45) is 0 Å². The smallest absolute Gasteiger partial charge is 0.164 e. The lowest BCUT2D eigenvalue weighted by Gasteiger charge is -2.42. The van der Waals surface area contributed by atoms with Crippen LogP contribution in [-0.4, -0.2) is 29.9 Å². The molecule has 3 aliphatic rings. The number of rotatable bonds is 10. The molecular weight excluding hydrogens is 1180 g/mol. The van der Waals surface area contributed by atoms with E-state index in [-0.39, 0.29) is 11.8 Å². The van der Waals surface area contributed by atoms with Crippen LogP contribution in [0.25, 0.3) is 153 Å². The van der Waals surface area contributed by atoms with Crippen molar-refractivity contribution in [1.29, 1.82) is 0 Å². The Kier molecular flexibility index (Phi) is 12.7. The molecule has 3 aliphatic carbocycles. The number of benzene rings is 13. The Morgan fingerprint density at radius 1 is 0.170 bits per heavy atom. The predicted molar refractivity (Wildman–Crippen MR) is 388 cm³/mol. The van der Waals surface area contributed by atoms with Crippen LogP contribution in [0, 0.1) is 0 Å². The minimum atomic E-state index is 0.103. The van der Waals surface area contributed by atoms with Gasteiger partial charge in [0.1, 0.15) is 0 Å². The number of nitrogens with zero attached hydrogens (tertiary/aromatic N) is 6. The Hall–Kier alpha value is -11.7. The van der Waals surface area contributed by atoms with Gasteiger partial charge in [-0.15, -0.1) is 22.7 Å². The summed E-state index contributed by atoms with van der Waals surface area (Å²) in [5, 5.41) is 5.21. The molecule has 0 spiro atoms. The molecule has 0 radical (unpaired) electrons. The van der Waals surface area contributed by atoms with Crippen LogP contribution in [0.4, 0.5) is 0 Å². The Balaban J connectivity index is 0.604. The van der Waals surface area contributed by atoms with Crippen molar-refractivity contribution in [2.45, 2.75) is 11.8 Å². The van der Waals surface area contributed by atoms with E-state index in [4.69, 9.17) is 29.9 Å². The lowest BCUT2D eigenvalue weighted by Crippen LogP contribution is -2.27. The number of hydrogen-bond donors (Lipinski definition) is 0. The van der Waals surface area contributed by atoms with Gasteiger partial charge < -0.3 is 0 Å². The number of hydrogen-bond acceptors (Lipinski definition) is 8. The van der Waals surface area contributed by atoms with Crippen molar-refractivity contribution in [2.75, 3.05) is 0 Å². The fraction of sp³-hybridized carbons (Fsp3) is 0.0233. The monoisotopic (exact) mass is 1230 g/mol. The van der Waals surface area contributed by atoms with Crippen molar-refractivity contribution in [3.05, 3.63) is 337 Å². The molecule has 2 unspecified atom stereocenters. The molecule has 2 atom stereocenters. The molecule has 0 aliphatic heterocycles. The van der Waals surface area contributed by atoms with Crippen LogP contribution in [0.2, 0.25) is 0 Å². The number of thiophene rings is 2. The van der Waals surface area contributed by atoms with E-state index in [1.54, 1.807) is 0 Å². The fourth-order valence-corrected chi connectivity index (χ4v) is 16.6. The molecule has 20 rings (SSSR count). The zero-order valence-electron chi connectivity index (χ0n) is 50.5. The van der Waals surface area contributed by atoms with E-state index < -0.39 is 0 Å². The first-order chi connectivity index (χ1) is 46.5. The standard InChI is InChI=1S/C86H52N6S2/c1-3-13-55(14-4-1)81-87-83(91-85(89-81)59-35-27-53(28-36-59)63-39-43-67-65-17-9-11-21-75(65)93-77(67)49-63)57-31-23-51(24-32-57)61-41-45-71-73(47-61)79-69-19-7-8-20-70(69)80(71)74-48-62(42-46-72(74)79)52-25-33-58(34-26-52)84-88-82(56-15-5-2-6-16-56)90-86(92-84)60-37-29-54(30-38-60)64-40-44-68-66-18-10-12-22-76(66)94-78(68)50-64/h1-50,79-80H. The zero-order valence-corrected chi connectivity index (χ0v) is 52.2. The van der Waals surface area contributed by atoms with Crippen molar-refractivity contribution in [3.8, 4) is 113 Å². The minimum absolute atomic E-state index is 0.103. The van der Waals surface area contributed by atoms with E-state index in [9.17, 15) is 0 Å². The van der Waals surface area contributed by atoms with Crippen molar-refractivity contribution < 1.29 is 0 Å².